The number of hydrogen-bond acceptors (Lipinski definition) is 7. The largest absolute Gasteiger partial charge is 0.337 e. The second kappa shape index (κ2) is 9.59. The summed E-state index contributed by atoms with van der Waals surface area (Å²) in [5, 5.41) is 5.99. The average Bonchev–Trinajstić information content (AvgIpc) is 3.49. The quantitative estimate of drug-likeness (QED) is 0.498. The molecular weight excluding hydrogens is 472 g/mol. The topological polar surface area (TPSA) is 96.6 Å². The monoisotopic (exact) mass is 502 g/mol. The summed E-state index contributed by atoms with van der Waals surface area (Å²) in [6.45, 7) is 8.50. The summed E-state index contributed by atoms with van der Waals surface area (Å²) in [7, 11) is -3.66. The van der Waals surface area contributed by atoms with Crippen LogP contribution in [0.4, 0.5) is 0 Å². The highest BCUT2D eigenvalue weighted by molar-refractivity contribution is 7.89. The third-order valence-corrected chi connectivity index (χ3v) is 8.72. The van der Waals surface area contributed by atoms with Crippen molar-refractivity contribution in [2.45, 2.75) is 57.5 Å². The number of carbonyl (C=O) groups excluding carboxylic acids is 1. The molecule has 1 aliphatic rings. The Morgan fingerprint density at radius 1 is 1.24 bits per heavy atom. The van der Waals surface area contributed by atoms with E-state index in [0.29, 0.717) is 31.1 Å². The molecule has 0 bridgehead atoms. The molecule has 182 valence electrons. The molecule has 8 nitrogen and oxygen atoms in total. The van der Waals surface area contributed by atoms with Gasteiger partial charge in [-0.05, 0) is 64.1 Å². The molecule has 0 aliphatic carbocycles. The Hall–Kier alpha value is -2.56. The van der Waals surface area contributed by atoms with E-state index >= 15 is 0 Å². The lowest BCUT2D eigenvalue weighted by molar-refractivity contribution is -0.143. The molecule has 0 N–H and O–H groups in total. The first-order chi connectivity index (χ1) is 16.1. The lowest BCUT2D eigenvalue weighted by atomic mass is 9.95. The van der Waals surface area contributed by atoms with Crippen molar-refractivity contribution in [3.05, 3.63) is 53.2 Å². The zero-order valence-electron chi connectivity index (χ0n) is 19.9. The van der Waals surface area contributed by atoms with Gasteiger partial charge in [0.1, 0.15) is 6.54 Å². The standard InChI is InChI=1S/C24H30N4O4S2/c1-17-9-11-19(12-10-17)34(30,31)27-13-5-7-18(15-27)23(29)28(24(2,3)4)16-21-25-22(26-32-21)20-8-6-14-33-20/h6,8-12,14,18H,5,7,13,15-16H2,1-4H3/t18-/m0/s1. The third-order valence-electron chi connectivity index (χ3n) is 5.97. The molecule has 0 radical (unpaired) electrons. The van der Waals surface area contributed by atoms with Crippen LogP contribution in [0.25, 0.3) is 10.7 Å². The predicted molar refractivity (Wildman–Crippen MR) is 131 cm³/mol. The van der Waals surface area contributed by atoms with Gasteiger partial charge in [-0.1, -0.05) is 28.9 Å². The molecule has 1 amide bonds. The van der Waals surface area contributed by atoms with Gasteiger partial charge in [0, 0.05) is 18.6 Å². The molecule has 3 aromatic rings. The number of aryl methyl sites for hydroxylation is 1. The molecule has 10 heteroatoms. The maximum Gasteiger partial charge on any atom is 0.246 e. The highest BCUT2D eigenvalue weighted by Crippen LogP contribution is 2.29. The van der Waals surface area contributed by atoms with E-state index in [0.717, 1.165) is 10.4 Å². The molecule has 34 heavy (non-hydrogen) atoms. The maximum absolute atomic E-state index is 13.7. The summed E-state index contributed by atoms with van der Waals surface area (Å²) in [4.78, 5) is 21.0. The van der Waals surface area contributed by atoms with E-state index in [1.807, 2.05) is 45.2 Å². The fourth-order valence-electron chi connectivity index (χ4n) is 4.05. The Labute approximate surface area is 204 Å². The minimum atomic E-state index is -3.66. The Kier molecular flexibility index (Phi) is 6.93. The fourth-order valence-corrected chi connectivity index (χ4v) is 6.22. The summed E-state index contributed by atoms with van der Waals surface area (Å²) in [6.07, 6.45) is 1.26. The van der Waals surface area contributed by atoms with E-state index in [1.165, 1.54) is 15.6 Å². The number of hydrogen-bond donors (Lipinski definition) is 0. The first-order valence-corrected chi connectivity index (χ1v) is 13.6. The molecule has 1 saturated heterocycles. The Balaban J connectivity index is 1.52. The van der Waals surface area contributed by atoms with Gasteiger partial charge in [0.25, 0.3) is 0 Å². The van der Waals surface area contributed by atoms with Crippen LogP contribution in [0.2, 0.25) is 0 Å². The predicted octanol–water partition coefficient (Wildman–Crippen LogP) is 4.33. The molecule has 2 aromatic heterocycles. The van der Waals surface area contributed by atoms with Crippen molar-refractivity contribution < 1.29 is 17.7 Å². The number of sulfonamides is 1. The minimum absolute atomic E-state index is 0.104. The SMILES string of the molecule is Cc1ccc(S(=O)(=O)N2CCC[C@H](C(=O)N(Cc3nc(-c4cccs4)no3)C(C)(C)C)C2)cc1. The molecule has 3 heterocycles. The molecule has 0 unspecified atom stereocenters. The van der Waals surface area contributed by atoms with Crippen molar-refractivity contribution in [2.75, 3.05) is 13.1 Å². The van der Waals surface area contributed by atoms with Crippen molar-refractivity contribution in [1.82, 2.24) is 19.3 Å². The smallest absolute Gasteiger partial charge is 0.246 e. The van der Waals surface area contributed by atoms with Crippen LogP contribution < -0.4 is 0 Å². The van der Waals surface area contributed by atoms with Crippen LogP contribution in [0.1, 0.15) is 45.1 Å². The average molecular weight is 503 g/mol. The van der Waals surface area contributed by atoms with E-state index in [1.54, 1.807) is 29.2 Å². The molecular formula is C24H30N4O4S2. The maximum atomic E-state index is 13.7. The highest BCUT2D eigenvalue weighted by atomic mass is 32.2. The molecule has 1 fully saturated rings. The molecule has 0 spiro atoms. The van der Waals surface area contributed by atoms with E-state index < -0.39 is 21.5 Å². The third kappa shape index (κ3) is 5.24. The normalized spacial score (nSPS) is 17.6. The van der Waals surface area contributed by atoms with Gasteiger partial charge in [-0.25, -0.2) is 8.42 Å². The first-order valence-electron chi connectivity index (χ1n) is 11.3. The van der Waals surface area contributed by atoms with Gasteiger partial charge < -0.3 is 9.42 Å². The van der Waals surface area contributed by atoms with Crippen LogP contribution in [0.5, 0.6) is 0 Å². The van der Waals surface area contributed by atoms with Gasteiger partial charge in [0.15, 0.2) is 0 Å². The number of thiophene rings is 1. The van der Waals surface area contributed by atoms with Gasteiger partial charge in [0.05, 0.1) is 15.7 Å². The van der Waals surface area contributed by atoms with Gasteiger partial charge >= 0.3 is 0 Å². The van der Waals surface area contributed by atoms with Gasteiger partial charge in [-0.3, -0.25) is 4.79 Å². The first kappa shape index (κ1) is 24.6. The minimum Gasteiger partial charge on any atom is -0.337 e. The number of nitrogens with zero attached hydrogens (tertiary/aromatic N) is 4. The summed E-state index contributed by atoms with van der Waals surface area (Å²) in [5.74, 6) is 0.311. The number of piperidine rings is 1. The molecule has 0 saturated carbocycles. The van der Waals surface area contributed by atoms with Crippen molar-refractivity contribution >= 4 is 27.3 Å². The van der Waals surface area contributed by atoms with E-state index in [2.05, 4.69) is 10.1 Å². The lowest BCUT2D eigenvalue weighted by Gasteiger charge is -2.39. The number of rotatable bonds is 6. The number of carbonyl (C=O) groups is 1. The van der Waals surface area contributed by atoms with Crippen LogP contribution in [0.15, 0.2) is 51.2 Å². The highest BCUT2D eigenvalue weighted by Gasteiger charge is 2.38. The summed E-state index contributed by atoms with van der Waals surface area (Å²) in [5.41, 5.74) is 0.488. The molecule has 1 atom stereocenters. The van der Waals surface area contributed by atoms with Gasteiger partial charge in [-0.15, -0.1) is 11.3 Å². The van der Waals surface area contributed by atoms with Crippen molar-refractivity contribution in [3.63, 3.8) is 0 Å². The number of benzene rings is 1. The van der Waals surface area contributed by atoms with Crippen LogP contribution in [0.3, 0.4) is 0 Å². The zero-order chi connectivity index (χ0) is 24.5. The fraction of sp³-hybridized carbons (Fsp3) is 0.458. The number of aromatic nitrogens is 2. The molecule has 1 aromatic carbocycles. The summed E-state index contributed by atoms with van der Waals surface area (Å²) >= 11 is 1.52. The number of amides is 1. The molecule has 1 aliphatic heterocycles. The zero-order valence-corrected chi connectivity index (χ0v) is 21.5. The van der Waals surface area contributed by atoms with E-state index in [9.17, 15) is 13.2 Å². The summed E-state index contributed by atoms with van der Waals surface area (Å²) < 4.78 is 33.3. The van der Waals surface area contributed by atoms with Crippen molar-refractivity contribution in [3.8, 4) is 10.7 Å². The Morgan fingerprint density at radius 3 is 2.62 bits per heavy atom. The van der Waals surface area contributed by atoms with Crippen LogP contribution in [-0.2, 0) is 21.4 Å². The van der Waals surface area contributed by atoms with Crippen LogP contribution >= 0.6 is 11.3 Å². The van der Waals surface area contributed by atoms with Gasteiger partial charge in [-0.2, -0.15) is 9.29 Å². The Bertz CT molecular complexity index is 1230. The van der Waals surface area contributed by atoms with Crippen LogP contribution in [0, 0.1) is 12.8 Å². The van der Waals surface area contributed by atoms with Crippen molar-refractivity contribution in [2.24, 2.45) is 5.92 Å². The van der Waals surface area contributed by atoms with Gasteiger partial charge in [0.2, 0.25) is 27.6 Å². The summed E-state index contributed by atoms with van der Waals surface area (Å²) in [6, 6.07) is 10.7. The second-order valence-corrected chi connectivity index (χ2v) is 12.5. The van der Waals surface area contributed by atoms with Crippen LogP contribution in [-0.4, -0.2) is 52.3 Å². The second-order valence-electron chi connectivity index (χ2n) is 9.60. The Morgan fingerprint density at radius 2 is 1.97 bits per heavy atom. The van der Waals surface area contributed by atoms with E-state index in [4.69, 9.17) is 4.52 Å². The lowest BCUT2D eigenvalue weighted by Crippen LogP contribution is -2.51. The molecule has 4 rings (SSSR count). The van der Waals surface area contributed by atoms with Crippen molar-refractivity contribution in [1.29, 1.82) is 0 Å². The van der Waals surface area contributed by atoms with E-state index in [-0.39, 0.29) is 23.9 Å².